The number of ether oxygens (including phenoxy) is 1. The molecule has 1 unspecified atom stereocenters. The van der Waals surface area contributed by atoms with Crippen molar-refractivity contribution in [3.8, 4) is 0 Å². The number of carbonyl (C=O) groups excluding carboxylic acids is 1. The Kier molecular flexibility index (Phi) is 6.07. The monoisotopic (exact) mass is 274 g/mol. The molecule has 1 heterocycles. The Morgan fingerprint density at radius 3 is 2.58 bits per heavy atom. The molecule has 0 spiro atoms. The van der Waals surface area contributed by atoms with E-state index in [0.29, 0.717) is 13.2 Å². The second kappa shape index (κ2) is 7.57. The van der Waals surface area contributed by atoms with Gasteiger partial charge < -0.3 is 25.6 Å². The zero-order chi connectivity index (χ0) is 14.3. The van der Waals surface area contributed by atoms with Crippen LogP contribution >= 0.6 is 0 Å². The standard InChI is InChI=1S/C11H18N2O6/c14-9(15)4-8(10(16)17)13-11(18)12-5-7-2-1-3-19-6-7/h7-8H,1-6H2,(H,14,15)(H,16,17)(H2,12,13,18)/t7?,8-/m0/s1. The summed E-state index contributed by atoms with van der Waals surface area (Å²) in [6, 6.07) is -2.11. The van der Waals surface area contributed by atoms with Crippen molar-refractivity contribution < 1.29 is 29.3 Å². The van der Waals surface area contributed by atoms with Crippen LogP contribution < -0.4 is 10.6 Å². The first-order chi connectivity index (χ1) is 8.99. The van der Waals surface area contributed by atoms with Crippen molar-refractivity contribution in [3.63, 3.8) is 0 Å². The number of amides is 2. The largest absolute Gasteiger partial charge is 0.481 e. The van der Waals surface area contributed by atoms with Crippen molar-refractivity contribution in [2.24, 2.45) is 5.92 Å². The van der Waals surface area contributed by atoms with Crippen LogP contribution in [0.1, 0.15) is 19.3 Å². The summed E-state index contributed by atoms with van der Waals surface area (Å²) in [7, 11) is 0. The number of urea groups is 1. The van der Waals surface area contributed by atoms with E-state index in [4.69, 9.17) is 14.9 Å². The molecule has 0 aromatic rings. The van der Waals surface area contributed by atoms with Crippen LogP contribution in [0.5, 0.6) is 0 Å². The first kappa shape index (κ1) is 15.2. The number of hydrogen-bond donors (Lipinski definition) is 4. The Balaban J connectivity index is 2.31. The molecule has 1 fully saturated rings. The minimum Gasteiger partial charge on any atom is -0.481 e. The second-order valence-corrected chi connectivity index (χ2v) is 4.43. The molecular formula is C11H18N2O6. The van der Waals surface area contributed by atoms with Gasteiger partial charge in [-0.05, 0) is 18.8 Å². The van der Waals surface area contributed by atoms with Crippen LogP contribution in [0.2, 0.25) is 0 Å². The Morgan fingerprint density at radius 1 is 1.32 bits per heavy atom. The lowest BCUT2D eigenvalue weighted by atomic mass is 10.0. The molecule has 1 aliphatic rings. The fraction of sp³-hybridized carbons (Fsp3) is 0.727. The van der Waals surface area contributed by atoms with Gasteiger partial charge in [0, 0.05) is 13.2 Å². The minimum atomic E-state index is -1.43. The molecule has 2 atom stereocenters. The summed E-state index contributed by atoms with van der Waals surface area (Å²) in [5.74, 6) is -2.45. The summed E-state index contributed by atoms with van der Waals surface area (Å²) in [6.07, 6.45) is 1.22. The van der Waals surface area contributed by atoms with Gasteiger partial charge in [0.2, 0.25) is 0 Å². The molecule has 0 bridgehead atoms. The van der Waals surface area contributed by atoms with Gasteiger partial charge in [0.1, 0.15) is 6.04 Å². The Labute approximate surface area is 110 Å². The quantitative estimate of drug-likeness (QED) is 0.524. The summed E-state index contributed by atoms with van der Waals surface area (Å²) in [6.45, 7) is 1.67. The Hall–Kier alpha value is -1.83. The average molecular weight is 274 g/mol. The number of rotatable bonds is 6. The van der Waals surface area contributed by atoms with E-state index in [0.717, 1.165) is 19.4 Å². The van der Waals surface area contributed by atoms with Crippen molar-refractivity contribution in [2.75, 3.05) is 19.8 Å². The smallest absolute Gasteiger partial charge is 0.326 e. The summed E-state index contributed by atoms with van der Waals surface area (Å²) < 4.78 is 5.24. The van der Waals surface area contributed by atoms with Crippen LogP contribution in [0.15, 0.2) is 0 Å². The molecule has 2 amide bonds. The molecular weight excluding hydrogens is 256 g/mol. The van der Waals surface area contributed by atoms with Gasteiger partial charge in [-0.15, -0.1) is 0 Å². The highest BCUT2D eigenvalue weighted by Gasteiger charge is 2.23. The third-order valence-corrected chi connectivity index (χ3v) is 2.79. The molecule has 0 saturated carbocycles. The molecule has 1 rings (SSSR count). The summed E-state index contributed by atoms with van der Waals surface area (Å²) in [5, 5.41) is 21.9. The van der Waals surface area contributed by atoms with Crippen LogP contribution in [0.25, 0.3) is 0 Å². The van der Waals surface area contributed by atoms with Crippen LogP contribution in [0.4, 0.5) is 4.79 Å². The van der Waals surface area contributed by atoms with Crippen molar-refractivity contribution in [2.45, 2.75) is 25.3 Å². The molecule has 0 aliphatic carbocycles. The lowest BCUT2D eigenvalue weighted by Gasteiger charge is -2.22. The molecule has 1 saturated heterocycles. The zero-order valence-corrected chi connectivity index (χ0v) is 10.4. The number of carboxylic acids is 2. The molecule has 19 heavy (non-hydrogen) atoms. The molecule has 0 aromatic carbocycles. The van der Waals surface area contributed by atoms with E-state index in [1.807, 2.05) is 0 Å². The van der Waals surface area contributed by atoms with Gasteiger partial charge in [0.25, 0.3) is 0 Å². The number of carbonyl (C=O) groups is 3. The summed E-state index contributed by atoms with van der Waals surface area (Å²) in [5.41, 5.74) is 0. The average Bonchev–Trinajstić information content (AvgIpc) is 2.36. The molecule has 4 N–H and O–H groups in total. The first-order valence-corrected chi connectivity index (χ1v) is 6.05. The summed E-state index contributed by atoms with van der Waals surface area (Å²) >= 11 is 0. The lowest BCUT2D eigenvalue weighted by Crippen LogP contribution is -2.48. The number of carboxylic acid groups (broad SMARTS) is 2. The van der Waals surface area contributed by atoms with E-state index in [-0.39, 0.29) is 5.92 Å². The summed E-state index contributed by atoms with van der Waals surface area (Å²) in [4.78, 5) is 32.7. The van der Waals surface area contributed by atoms with E-state index < -0.39 is 30.4 Å². The molecule has 8 heteroatoms. The minimum absolute atomic E-state index is 0.210. The van der Waals surface area contributed by atoms with Gasteiger partial charge in [0.05, 0.1) is 13.0 Å². The third-order valence-electron chi connectivity index (χ3n) is 2.79. The maximum absolute atomic E-state index is 11.5. The van der Waals surface area contributed by atoms with Gasteiger partial charge in [-0.25, -0.2) is 9.59 Å². The lowest BCUT2D eigenvalue weighted by molar-refractivity contribution is -0.145. The van der Waals surface area contributed by atoms with Gasteiger partial charge in [-0.1, -0.05) is 0 Å². The van der Waals surface area contributed by atoms with Gasteiger partial charge in [-0.3, -0.25) is 4.79 Å². The van der Waals surface area contributed by atoms with Crippen molar-refractivity contribution in [1.82, 2.24) is 10.6 Å². The second-order valence-electron chi connectivity index (χ2n) is 4.43. The predicted octanol–water partition coefficient (Wildman–Crippen LogP) is -0.360. The van der Waals surface area contributed by atoms with Gasteiger partial charge in [0.15, 0.2) is 0 Å². The third kappa shape index (κ3) is 6.05. The molecule has 8 nitrogen and oxygen atoms in total. The van der Waals surface area contributed by atoms with Crippen molar-refractivity contribution >= 4 is 18.0 Å². The Morgan fingerprint density at radius 2 is 2.05 bits per heavy atom. The van der Waals surface area contributed by atoms with E-state index in [2.05, 4.69) is 10.6 Å². The zero-order valence-electron chi connectivity index (χ0n) is 10.4. The maximum Gasteiger partial charge on any atom is 0.326 e. The highest BCUT2D eigenvalue weighted by Crippen LogP contribution is 2.11. The molecule has 108 valence electrons. The highest BCUT2D eigenvalue weighted by molar-refractivity contribution is 5.86. The maximum atomic E-state index is 11.5. The van der Waals surface area contributed by atoms with Crippen LogP contribution in [-0.4, -0.2) is 54.0 Å². The van der Waals surface area contributed by atoms with Crippen molar-refractivity contribution in [3.05, 3.63) is 0 Å². The molecule has 0 radical (unpaired) electrons. The van der Waals surface area contributed by atoms with Crippen LogP contribution in [-0.2, 0) is 14.3 Å². The SMILES string of the molecule is O=C(O)C[C@H](NC(=O)NCC1CCCOC1)C(=O)O. The number of nitrogens with one attached hydrogen (secondary N) is 2. The normalized spacial score (nSPS) is 20.3. The molecule has 1 aliphatic heterocycles. The van der Waals surface area contributed by atoms with Gasteiger partial charge >= 0.3 is 18.0 Å². The Bertz CT molecular complexity index is 340. The predicted molar refractivity (Wildman–Crippen MR) is 63.8 cm³/mol. The topological polar surface area (TPSA) is 125 Å². The highest BCUT2D eigenvalue weighted by atomic mass is 16.5. The van der Waals surface area contributed by atoms with Gasteiger partial charge in [-0.2, -0.15) is 0 Å². The van der Waals surface area contributed by atoms with E-state index in [9.17, 15) is 14.4 Å². The molecule has 0 aromatic heterocycles. The van der Waals surface area contributed by atoms with Crippen molar-refractivity contribution in [1.29, 1.82) is 0 Å². The van der Waals surface area contributed by atoms with Crippen LogP contribution in [0, 0.1) is 5.92 Å². The van der Waals surface area contributed by atoms with E-state index in [1.54, 1.807) is 0 Å². The first-order valence-electron chi connectivity index (χ1n) is 6.05. The number of hydrogen-bond acceptors (Lipinski definition) is 4. The number of aliphatic carboxylic acids is 2. The van der Waals surface area contributed by atoms with Crippen LogP contribution in [0.3, 0.4) is 0 Å². The van der Waals surface area contributed by atoms with E-state index in [1.165, 1.54) is 0 Å². The fourth-order valence-corrected chi connectivity index (χ4v) is 1.79. The van der Waals surface area contributed by atoms with E-state index >= 15 is 0 Å². The fourth-order valence-electron chi connectivity index (χ4n) is 1.79.